The van der Waals surface area contributed by atoms with Crippen molar-refractivity contribution in [3.8, 4) is 28.3 Å². The van der Waals surface area contributed by atoms with Crippen molar-refractivity contribution >= 4 is 11.5 Å². The summed E-state index contributed by atoms with van der Waals surface area (Å²) in [5, 5.41) is 10.1. The van der Waals surface area contributed by atoms with Crippen molar-refractivity contribution in [1.29, 1.82) is 0 Å². The van der Waals surface area contributed by atoms with Crippen molar-refractivity contribution in [3.63, 3.8) is 0 Å². The molecule has 0 saturated heterocycles. The highest BCUT2D eigenvalue weighted by atomic mass is 16.5. The van der Waals surface area contributed by atoms with Crippen LogP contribution in [0.25, 0.3) is 22.5 Å². The smallest absolute Gasteiger partial charge is 0.139 e. The number of aromatic amines is 1. The van der Waals surface area contributed by atoms with Crippen molar-refractivity contribution < 1.29 is 4.74 Å². The van der Waals surface area contributed by atoms with Gasteiger partial charge >= 0.3 is 0 Å². The zero-order chi connectivity index (χ0) is 17.8. The van der Waals surface area contributed by atoms with Crippen molar-refractivity contribution in [3.05, 3.63) is 73.2 Å². The molecule has 0 aliphatic heterocycles. The van der Waals surface area contributed by atoms with E-state index in [0.29, 0.717) is 0 Å². The molecule has 3 heterocycles. The maximum absolute atomic E-state index is 5.25. The molecule has 6 heteroatoms. The molecule has 0 amide bonds. The third kappa shape index (κ3) is 3.25. The third-order valence-electron chi connectivity index (χ3n) is 3.98. The van der Waals surface area contributed by atoms with E-state index in [1.807, 2.05) is 54.6 Å². The van der Waals surface area contributed by atoms with Gasteiger partial charge in [-0.3, -0.25) is 10.1 Å². The Balaban J connectivity index is 1.78. The Morgan fingerprint density at radius 1 is 0.962 bits per heavy atom. The summed E-state index contributed by atoms with van der Waals surface area (Å²) < 4.78 is 5.25. The molecule has 0 spiro atoms. The molecule has 0 unspecified atom stereocenters. The molecule has 1 aromatic carbocycles. The Hall–Kier alpha value is -3.67. The van der Waals surface area contributed by atoms with E-state index in [1.54, 1.807) is 25.7 Å². The van der Waals surface area contributed by atoms with Crippen molar-refractivity contribution in [2.45, 2.75) is 0 Å². The van der Waals surface area contributed by atoms with Crippen LogP contribution in [0, 0.1) is 0 Å². The fourth-order valence-corrected chi connectivity index (χ4v) is 2.67. The quantitative estimate of drug-likeness (QED) is 0.565. The molecule has 26 heavy (non-hydrogen) atoms. The van der Waals surface area contributed by atoms with Gasteiger partial charge in [-0.25, -0.2) is 4.98 Å². The third-order valence-corrected chi connectivity index (χ3v) is 3.98. The second-order valence-electron chi connectivity index (χ2n) is 5.65. The van der Waals surface area contributed by atoms with Gasteiger partial charge in [-0.05, 0) is 42.0 Å². The maximum Gasteiger partial charge on any atom is 0.139 e. The summed E-state index contributed by atoms with van der Waals surface area (Å²) in [6, 6.07) is 17.7. The number of H-pyrrole nitrogens is 1. The lowest BCUT2D eigenvalue weighted by molar-refractivity contribution is 0.415. The molecule has 4 aromatic rings. The Morgan fingerprint density at radius 3 is 2.54 bits per heavy atom. The van der Waals surface area contributed by atoms with E-state index in [1.165, 1.54) is 0 Å². The van der Waals surface area contributed by atoms with Crippen molar-refractivity contribution in [2.75, 3.05) is 12.4 Å². The molecule has 0 fully saturated rings. The fraction of sp³-hybridized carbons (Fsp3) is 0.0500. The SMILES string of the molecule is COc1ccc(-c2ccc(-c3ccccn3)nc2Nc2cn[nH]c2)cc1. The van der Waals surface area contributed by atoms with Gasteiger partial charge in [0.05, 0.1) is 30.4 Å². The average molecular weight is 343 g/mol. The molecule has 6 nitrogen and oxygen atoms in total. The van der Waals surface area contributed by atoms with E-state index < -0.39 is 0 Å². The predicted octanol–water partition coefficient (Wildman–Crippen LogP) is 4.29. The van der Waals surface area contributed by atoms with E-state index in [2.05, 4.69) is 20.5 Å². The predicted molar refractivity (Wildman–Crippen MR) is 101 cm³/mol. The van der Waals surface area contributed by atoms with Gasteiger partial charge in [-0.1, -0.05) is 18.2 Å². The number of nitrogens with zero attached hydrogens (tertiary/aromatic N) is 3. The van der Waals surface area contributed by atoms with Crippen LogP contribution in [0.15, 0.2) is 73.2 Å². The van der Waals surface area contributed by atoms with Crippen molar-refractivity contribution in [1.82, 2.24) is 20.2 Å². The number of aromatic nitrogens is 4. The minimum Gasteiger partial charge on any atom is -0.497 e. The zero-order valence-corrected chi connectivity index (χ0v) is 14.2. The van der Waals surface area contributed by atoms with Gasteiger partial charge in [-0.15, -0.1) is 0 Å². The molecular formula is C20H17N5O. The largest absolute Gasteiger partial charge is 0.497 e. The van der Waals surface area contributed by atoms with Crippen LogP contribution in [0.2, 0.25) is 0 Å². The van der Waals surface area contributed by atoms with Crippen molar-refractivity contribution in [2.24, 2.45) is 0 Å². The molecule has 0 aliphatic carbocycles. The zero-order valence-electron chi connectivity index (χ0n) is 14.2. The minimum atomic E-state index is 0.736. The summed E-state index contributed by atoms with van der Waals surface area (Å²) in [5.41, 5.74) is 4.48. The number of hydrogen-bond donors (Lipinski definition) is 2. The molecule has 0 saturated carbocycles. The van der Waals surface area contributed by atoms with Crippen LogP contribution < -0.4 is 10.1 Å². The van der Waals surface area contributed by atoms with Crippen LogP contribution in [0.3, 0.4) is 0 Å². The Labute approximate surface area is 150 Å². The molecule has 4 rings (SSSR count). The Bertz CT molecular complexity index is 983. The second-order valence-corrected chi connectivity index (χ2v) is 5.65. The van der Waals surface area contributed by atoms with Gasteiger partial charge in [0.25, 0.3) is 0 Å². The number of hydrogen-bond acceptors (Lipinski definition) is 5. The van der Waals surface area contributed by atoms with Gasteiger partial charge in [0.1, 0.15) is 11.6 Å². The Morgan fingerprint density at radius 2 is 1.85 bits per heavy atom. The highest BCUT2D eigenvalue weighted by Crippen LogP contribution is 2.32. The minimum absolute atomic E-state index is 0.736. The van der Waals surface area contributed by atoms with Crippen LogP contribution in [0.1, 0.15) is 0 Å². The number of ether oxygens (including phenoxy) is 1. The summed E-state index contributed by atoms with van der Waals surface area (Å²) in [6.45, 7) is 0. The fourth-order valence-electron chi connectivity index (χ4n) is 2.67. The highest BCUT2D eigenvalue weighted by Gasteiger charge is 2.11. The van der Waals surface area contributed by atoms with Gasteiger partial charge < -0.3 is 10.1 Å². The lowest BCUT2D eigenvalue weighted by Crippen LogP contribution is -1.98. The number of benzene rings is 1. The van der Waals surface area contributed by atoms with E-state index in [9.17, 15) is 0 Å². The first-order valence-electron chi connectivity index (χ1n) is 8.16. The number of methoxy groups -OCH3 is 1. The summed E-state index contributed by atoms with van der Waals surface area (Å²) in [7, 11) is 1.66. The molecule has 0 bridgehead atoms. The summed E-state index contributed by atoms with van der Waals surface area (Å²) in [5.74, 6) is 1.55. The number of anilines is 2. The van der Waals surface area contributed by atoms with Gasteiger partial charge in [0.15, 0.2) is 0 Å². The molecule has 0 aliphatic rings. The first kappa shape index (κ1) is 15.8. The molecule has 0 atom stereocenters. The first-order valence-corrected chi connectivity index (χ1v) is 8.16. The topological polar surface area (TPSA) is 75.7 Å². The molecule has 3 aromatic heterocycles. The summed E-state index contributed by atoms with van der Waals surface area (Å²) >= 11 is 0. The summed E-state index contributed by atoms with van der Waals surface area (Å²) in [6.07, 6.45) is 5.26. The van der Waals surface area contributed by atoms with E-state index in [-0.39, 0.29) is 0 Å². The monoisotopic (exact) mass is 343 g/mol. The lowest BCUT2D eigenvalue weighted by atomic mass is 10.1. The molecule has 0 radical (unpaired) electrons. The highest BCUT2D eigenvalue weighted by molar-refractivity contribution is 5.80. The van der Waals surface area contributed by atoms with Gasteiger partial charge in [0, 0.05) is 18.0 Å². The average Bonchev–Trinajstić information content (AvgIpc) is 3.22. The van der Waals surface area contributed by atoms with E-state index in [4.69, 9.17) is 9.72 Å². The molecular weight excluding hydrogens is 326 g/mol. The second kappa shape index (κ2) is 7.06. The first-order chi connectivity index (χ1) is 12.8. The van der Waals surface area contributed by atoms with Gasteiger partial charge in [-0.2, -0.15) is 5.10 Å². The van der Waals surface area contributed by atoms with Crippen LogP contribution >= 0.6 is 0 Å². The maximum atomic E-state index is 5.25. The number of rotatable bonds is 5. The standard InChI is InChI=1S/C20H17N5O/c1-26-16-7-5-14(6-8-16)17-9-10-19(18-4-2-3-11-21-18)25-20(17)24-15-12-22-23-13-15/h2-13H,1H3,(H,22,23)(H,24,25). The number of nitrogens with one attached hydrogen (secondary N) is 2. The number of pyridine rings is 2. The van der Waals surface area contributed by atoms with Crippen LogP contribution in [0.4, 0.5) is 11.5 Å². The lowest BCUT2D eigenvalue weighted by Gasteiger charge is -2.12. The van der Waals surface area contributed by atoms with Crippen LogP contribution in [-0.2, 0) is 0 Å². The van der Waals surface area contributed by atoms with Gasteiger partial charge in [0.2, 0.25) is 0 Å². The van der Waals surface area contributed by atoms with Crippen LogP contribution in [-0.4, -0.2) is 27.3 Å². The molecule has 2 N–H and O–H groups in total. The van der Waals surface area contributed by atoms with E-state index in [0.717, 1.165) is 39.8 Å². The normalized spacial score (nSPS) is 10.5. The molecule has 128 valence electrons. The summed E-state index contributed by atoms with van der Waals surface area (Å²) in [4.78, 5) is 9.18. The van der Waals surface area contributed by atoms with Crippen LogP contribution in [0.5, 0.6) is 5.75 Å². The van der Waals surface area contributed by atoms with E-state index >= 15 is 0 Å². The Kier molecular flexibility index (Phi) is 4.30.